The minimum Gasteiger partial charge on any atom is -0.497 e. The molecule has 32 heavy (non-hydrogen) atoms. The molecule has 0 aliphatic heterocycles. The summed E-state index contributed by atoms with van der Waals surface area (Å²) >= 11 is 7.26. The summed E-state index contributed by atoms with van der Waals surface area (Å²) in [7, 11) is 3.11. The maximum atomic E-state index is 12.3. The van der Waals surface area contributed by atoms with Crippen molar-refractivity contribution in [1.29, 1.82) is 0 Å². The third-order valence-corrected chi connectivity index (χ3v) is 5.69. The molecule has 0 aliphatic carbocycles. The van der Waals surface area contributed by atoms with Gasteiger partial charge in [0, 0.05) is 39.5 Å². The number of carbonyl (C=O) groups excluding carboxylic acids is 2. The number of halogens is 1. The molecule has 3 aromatic carbocycles. The van der Waals surface area contributed by atoms with Gasteiger partial charge in [0.1, 0.15) is 11.5 Å². The average Bonchev–Trinajstić information content (AvgIpc) is 2.79. The Kier molecular flexibility index (Phi) is 8.41. The van der Waals surface area contributed by atoms with Gasteiger partial charge in [0.05, 0.1) is 26.4 Å². The number of thioether (sulfide) groups is 1. The van der Waals surface area contributed by atoms with Crippen LogP contribution in [0, 0.1) is 0 Å². The second-order valence-corrected chi connectivity index (χ2v) is 8.30. The number of carbonyl (C=O) groups is 2. The number of methoxy groups -OCH3 is 2. The molecule has 0 unspecified atom stereocenters. The molecule has 6 nitrogen and oxygen atoms in total. The lowest BCUT2D eigenvalue weighted by atomic mass is 10.1. The molecule has 8 heteroatoms. The van der Waals surface area contributed by atoms with Crippen LogP contribution in [-0.2, 0) is 16.0 Å². The largest absolute Gasteiger partial charge is 0.497 e. The van der Waals surface area contributed by atoms with Gasteiger partial charge in [-0.2, -0.15) is 0 Å². The standard InChI is InChI=1S/C24H23ClN2O4S/c1-30-20-12-19(13-21(14-20)31-2)27-24(29)15-32-22-9-7-18(8-10-22)26-23(28)11-16-3-5-17(25)6-4-16/h3-10,12-14H,11,15H2,1-2H3,(H,26,28)(H,27,29). The molecule has 0 spiro atoms. The third kappa shape index (κ3) is 7.21. The van der Waals surface area contributed by atoms with Crippen molar-refractivity contribution in [1.82, 2.24) is 0 Å². The van der Waals surface area contributed by atoms with Crippen molar-refractivity contribution in [2.45, 2.75) is 11.3 Å². The minimum atomic E-state index is -0.148. The van der Waals surface area contributed by atoms with E-state index in [0.29, 0.717) is 27.9 Å². The van der Waals surface area contributed by atoms with E-state index < -0.39 is 0 Å². The van der Waals surface area contributed by atoms with Crippen LogP contribution in [0.15, 0.2) is 71.6 Å². The molecule has 3 rings (SSSR count). The molecule has 3 aromatic rings. The Labute approximate surface area is 196 Å². The Hall–Kier alpha value is -3.16. The van der Waals surface area contributed by atoms with E-state index in [9.17, 15) is 9.59 Å². The van der Waals surface area contributed by atoms with E-state index in [0.717, 1.165) is 10.5 Å². The first-order valence-electron chi connectivity index (χ1n) is 9.75. The summed E-state index contributed by atoms with van der Waals surface area (Å²) in [6.07, 6.45) is 0.267. The van der Waals surface area contributed by atoms with Crippen molar-refractivity contribution in [3.05, 3.63) is 77.3 Å². The molecule has 0 atom stereocenters. The second kappa shape index (κ2) is 11.5. The predicted molar refractivity (Wildman–Crippen MR) is 129 cm³/mol. The summed E-state index contributed by atoms with van der Waals surface area (Å²) in [4.78, 5) is 25.4. The van der Waals surface area contributed by atoms with Gasteiger partial charge in [0.2, 0.25) is 11.8 Å². The van der Waals surface area contributed by atoms with Crippen molar-refractivity contribution in [2.75, 3.05) is 30.6 Å². The van der Waals surface area contributed by atoms with Crippen molar-refractivity contribution in [3.63, 3.8) is 0 Å². The highest BCUT2D eigenvalue weighted by Gasteiger charge is 2.08. The van der Waals surface area contributed by atoms with Crippen LogP contribution in [0.4, 0.5) is 11.4 Å². The van der Waals surface area contributed by atoms with Crippen molar-refractivity contribution in [2.24, 2.45) is 0 Å². The second-order valence-electron chi connectivity index (χ2n) is 6.81. The zero-order valence-corrected chi connectivity index (χ0v) is 19.3. The summed E-state index contributed by atoms with van der Waals surface area (Å²) in [5, 5.41) is 6.35. The molecule has 0 saturated carbocycles. The Bertz CT molecular complexity index is 1050. The quantitative estimate of drug-likeness (QED) is 0.417. The van der Waals surface area contributed by atoms with Gasteiger partial charge in [-0.25, -0.2) is 0 Å². The summed E-state index contributed by atoms with van der Waals surface area (Å²) in [5.41, 5.74) is 2.19. The summed E-state index contributed by atoms with van der Waals surface area (Å²) in [6, 6.07) is 19.7. The number of anilines is 2. The highest BCUT2D eigenvalue weighted by Crippen LogP contribution is 2.26. The van der Waals surface area contributed by atoms with E-state index in [-0.39, 0.29) is 24.0 Å². The molecule has 0 saturated heterocycles. The summed E-state index contributed by atoms with van der Waals surface area (Å²) < 4.78 is 10.4. The van der Waals surface area contributed by atoms with Crippen molar-refractivity contribution >= 4 is 46.6 Å². The fourth-order valence-corrected chi connectivity index (χ4v) is 3.68. The van der Waals surface area contributed by atoms with Crippen LogP contribution in [0.5, 0.6) is 11.5 Å². The van der Waals surface area contributed by atoms with E-state index >= 15 is 0 Å². The number of ether oxygens (including phenoxy) is 2. The molecular weight excluding hydrogens is 448 g/mol. The lowest BCUT2D eigenvalue weighted by molar-refractivity contribution is -0.115. The molecule has 0 fully saturated rings. The van der Waals surface area contributed by atoms with Crippen LogP contribution >= 0.6 is 23.4 Å². The van der Waals surface area contributed by atoms with Crippen LogP contribution in [0.3, 0.4) is 0 Å². The number of benzene rings is 3. The van der Waals surface area contributed by atoms with E-state index in [1.54, 1.807) is 44.6 Å². The van der Waals surface area contributed by atoms with E-state index in [1.165, 1.54) is 11.8 Å². The van der Waals surface area contributed by atoms with Gasteiger partial charge in [-0.1, -0.05) is 23.7 Å². The van der Waals surface area contributed by atoms with Crippen LogP contribution in [0.25, 0.3) is 0 Å². The lowest BCUT2D eigenvalue weighted by Crippen LogP contribution is -2.14. The molecule has 0 aromatic heterocycles. The number of hydrogen-bond donors (Lipinski definition) is 2. The third-order valence-electron chi connectivity index (χ3n) is 4.42. The van der Waals surface area contributed by atoms with Gasteiger partial charge in [-0.15, -0.1) is 11.8 Å². The molecule has 166 valence electrons. The normalized spacial score (nSPS) is 10.3. The van der Waals surface area contributed by atoms with Crippen molar-refractivity contribution < 1.29 is 19.1 Å². The number of nitrogens with one attached hydrogen (secondary N) is 2. The zero-order valence-electron chi connectivity index (χ0n) is 17.7. The fourth-order valence-electron chi connectivity index (χ4n) is 2.85. The SMILES string of the molecule is COc1cc(NC(=O)CSc2ccc(NC(=O)Cc3ccc(Cl)cc3)cc2)cc(OC)c1. The van der Waals surface area contributed by atoms with Crippen LogP contribution in [-0.4, -0.2) is 31.8 Å². The summed E-state index contributed by atoms with van der Waals surface area (Å²) in [5.74, 6) is 1.18. The average molecular weight is 471 g/mol. The van der Waals surface area contributed by atoms with Crippen molar-refractivity contribution in [3.8, 4) is 11.5 Å². The topological polar surface area (TPSA) is 76.7 Å². The number of rotatable bonds is 9. The monoisotopic (exact) mass is 470 g/mol. The smallest absolute Gasteiger partial charge is 0.234 e. The Morgan fingerprint density at radius 2 is 1.41 bits per heavy atom. The van der Waals surface area contributed by atoms with Crippen LogP contribution < -0.4 is 20.1 Å². The minimum absolute atomic E-state index is 0.110. The maximum Gasteiger partial charge on any atom is 0.234 e. The Morgan fingerprint density at radius 1 is 0.812 bits per heavy atom. The molecule has 0 radical (unpaired) electrons. The van der Waals surface area contributed by atoms with E-state index in [4.69, 9.17) is 21.1 Å². The Morgan fingerprint density at radius 3 is 2.00 bits per heavy atom. The molecular formula is C24H23ClN2O4S. The molecule has 2 N–H and O–H groups in total. The first-order chi connectivity index (χ1) is 15.4. The van der Waals surface area contributed by atoms with E-state index in [1.807, 2.05) is 36.4 Å². The van der Waals surface area contributed by atoms with Gasteiger partial charge in [-0.05, 0) is 42.0 Å². The first-order valence-corrected chi connectivity index (χ1v) is 11.1. The number of hydrogen-bond acceptors (Lipinski definition) is 5. The van der Waals surface area contributed by atoms with Gasteiger partial charge in [0.25, 0.3) is 0 Å². The predicted octanol–water partition coefficient (Wildman–Crippen LogP) is 5.27. The van der Waals surface area contributed by atoms with Gasteiger partial charge in [-0.3, -0.25) is 9.59 Å². The molecule has 0 heterocycles. The highest BCUT2D eigenvalue weighted by molar-refractivity contribution is 8.00. The fraction of sp³-hybridized carbons (Fsp3) is 0.167. The van der Waals surface area contributed by atoms with E-state index in [2.05, 4.69) is 10.6 Å². The lowest BCUT2D eigenvalue weighted by Gasteiger charge is -2.10. The van der Waals surface area contributed by atoms with Gasteiger partial charge in [0.15, 0.2) is 0 Å². The van der Waals surface area contributed by atoms with Crippen LogP contribution in [0.2, 0.25) is 5.02 Å². The maximum absolute atomic E-state index is 12.3. The zero-order chi connectivity index (χ0) is 22.9. The summed E-state index contributed by atoms with van der Waals surface area (Å²) in [6.45, 7) is 0. The molecule has 0 bridgehead atoms. The first kappa shape index (κ1) is 23.5. The number of amides is 2. The van der Waals surface area contributed by atoms with Gasteiger partial charge >= 0.3 is 0 Å². The molecule has 0 aliphatic rings. The molecule has 2 amide bonds. The highest BCUT2D eigenvalue weighted by atomic mass is 35.5. The Balaban J connectivity index is 1.48. The van der Waals surface area contributed by atoms with Gasteiger partial charge < -0.3 is 20.1 Å². The van der Waals surface area contributed by atoms with Crippen LogP contribution in [0.1, 0.15) is 5.56 Å².